The maximum atomic E-state index is 11.9. The molecule has 0 rings (SSSR count). The van der Waals surface area contributed by atoms with Gasteiger partial charge in [-0.1, -0.05) is 116 Å². The molecule has 0 bridgehead atoms. The molecule has 0 aromatic rings. The average molecular weight is 610 g/mol. The largest absolute Gasteiger partial charge is 0.480 e. The molecule has 3 atom stereocenters. The zero-order chi connectivity index (χ0) is 30.8. The van der Waals surface area contributed by atoms with Gasteiger partial charge in [-0.05, 0) is 6.42 Å². The van der Waals surface area contributed by atoms with Crippen LogP contribution >= 0.6 is 7.82 Å². The van der Waals surface area contributed by atoms with Crippen molar-refractivity contribution in [2.75, 3.05) is 19.8 Å². The predicted molar refractivity (Wildman–Crippen MR) is 157 cm³/mol. The van der Waals surface area contributed by atoms with Crippen molar-refractivity contribution in [1.82, 2.24) is 5.32 Å². The molecule has 3 unspecified atom stereocenters. The van der Waals surface area contributed by atoms with E-state index in [-0.39, 0.29) is 6.42 Å². The molecule has 0 heterocycles. The fraction of sp³-hybridized carbons (Fsp3) is 0.897. The monoisotopic (exact) mass is 609 g/mol. The molecule has 11 nitrogen and oxygen atoms in total. The summed E-state index contributed by atoms with van der Waals surface area (Å²) in [6.45, 7) is 1.45. The van der Waals surface area contributed by atoms with Gasteiger partial charge in [-0.3, -0.25) is 18.6 Å². The molecule has 0 aromatic heterocycles. The van der Waals surface area contributed by atoms with Crippen LogP contribution < -0.4 is 5.32 Å². The Kier molecular flexibility index (Phi) is 25.2. The normalized spacial score (nSPS) is 14.2. The van der Waals surface area contributed by atoms with E-state index in [1.54, 1.807) is 0 Å². The second kappa shape index (κ2) is 26.1. The van der Waals surface area contributed by atoms with Gasteiger partial charge in [0.1, 0.15) is 12.7 Å². The Bertz CT molecular complexity index is 736. The van der Waals surface area contributed by atoms with E-state index < -0.39 is 57.6 Å². The van der Waals surface area contributed by atoms with Gasteiger partial charge in [0.25, 0.3) is 0 Å². The number of carbonyl (C=O) groups excluding carboxylic acids is 2. The summed E-state index contributed by atoms with van der Waals surface area (Å²) < 4.78 is 26.0. The summed E-state index contributed by atoms with van der Waals surface area (Å²) in [7, 11) is -4.70. The first-order chi connectivity index (χ1) is 19.6. The number of phosphoric ester groups is 1. The minimum absolute atomic E-state index is 0.230. The van der Waals surface area contributed by atoms with Gasteiger partial charge in [-0.15, -0.1) is 0 Å². The number of amides is 1. The third kappa shape index (κ3) is 27.1. The van der Waals surface area contributed by atoms with E-state index >= 15 is 0 Å². The van der Waals surface area contributed by atoms with Crippen molar-refractivity contribution in [1.29, 1.82) is 0 Å². The Morgan fingerprint density at radius 3 is 1.54 bits per heavy atom. The number of aliphatic hydroxyl groups excluding tert-OH is 1. The van der Waals surface area contributed by atoms with Crippen molar-refractivity contribution >= 4 is 25.7 Å². The van der Waals surface area contributed by atoms with Crippen LogP contribution in [0.4, 0.5) is 0 Å². The highest BCUT2D eigenvalue weighted by atomic mass is 31.2. The fourth-order valence-corrected chi connectivity index (χ4v) is 5.06. The van der Waals surface area contributed by atoms with Crippen LogP contribution in [0.2, 0.25) is 0 Å². The van der Waals surface area contributed by atoms with Gasteiger partial charge < -0.3 is 25.2 Å². The van der Waals surface area contributed by atoms with Gasteiger partial charge in [0, 0.05) is 13.3 Å². The second-order valence-corrected chi connectivity index (χ2v) is 12.2. The maximum Gasteiger partial charge on any atom is 0.472 e. The number of carboxylic acid groups (broad SMARTS) is 1. The number of aliphatic hydroxyl groups is 1. The molecule has 0 aromatic carbocycles. The number of phosphoric acid groups is 1. The second-order valence-electron chi connectivity index (χ2n) is 10.7. The molecular weight excluding hydrogens is 553 g/mol. The summed E-state index contributed by atoms with van der Waals surface area (Å²) in [5, 5.41) is 20.8. The van der Waals surface area contributed by atoms with E-state index in [2.05, 4.69) is 16.0 Å². The number of esters is 1. The molecule has 41 heavy (non-hydrogen) atoms. The zero-order valence-corrected chi connectivity index (χ0v) is 26.3. The van der Waals surface area contributed by atoms with Crippen molar-refractivity contribution in [2.24, 2.45) is 0 Å². The van der Waals surface area contributed by atoms with E-state index in [0.29, 0.717) is 6.42 Å². The molecular formula is C29H56NO10P. The number of rotatable bonds is 29. The molecule has 0 fully saturated rings. The number of hydrogen-bond acceptors (Lipinski definition) is 8. The van der Waals surface area contributed by atoms with Gasteiger partial charge >= 0.3 is 19.8 Å². The summed E-state index contributed by atoms with van der Waals surface area (Å²) in [5.74, 6) is -2.58. The number of ether oxygens (including phenoxy) is 1. The average Bonchev–Trinajstić information content (AvgIpc) is 2.92. The van der Waals surface area contributed by atoms with E-state index in [9.17, 15) is 28.9 Å². The van der Waals surface area contributed by atoms with Crippen LogP contribution in [0.3, 0.4) is 0 Å². The molecule has 1 amide bonds. The van der Waals surface area contributed by atoms with Crippen LogP contribution in [0, 0.1) is 0 Å². The lowest BCUT2D eigenvalue weighted by atomic mass is 10.0. The standard InChI is InChI=1S/C29H56NO10P/c1-3-4-5-6-7-8-9-10-11-12-13-14-15-16-17-18-19-20-21-28(33)38-22-26(32)23-39-41(36,37)40-24-27(29(34)35)30-25(2)31/h26-27,32H,3-24H2,1-2H3,(H,30,31)(H,34,35)(H,36,37). The zero-order valence-electron chi connectivity index (χ0n) is 25.4. The Hall–Kier alpha value is -1.52. The Balaban J connectivity index is 3.63. The maximum absolute atomic E-state index is 11.9. The van der Waals surface area contributed by atoms with Crippen molar-refractivity contribution in [3.63, 3.8) is 0 Å². The first kappa shape index (κ1) is 39.5. The topological polar surface area (TPSA) is 169 Å². The Morgan fingerprint density at radius 1 is 0.707 bits per heavy atom. The first-order valence-electron chi connectivity index (χ1n) is 15.5. The minimum atomic E-state index is -4.70. The predicted octanol–water partition coefficient (Wildman–Crippen LogP) is 6.05. The van der Waals surface area contributed by atoms with Crippen LogP contribution in [-0.2, 0) is 32.7 Å². The van der Waals surface area contributed by atoms with Crippen LogP contribution in [0.15, 0.2) is 0 Å². The van der Waals surface area contributed by atoms with Crippen molar-refractivity contribution in [2.45, 2.75) is 148 Å². The number of unbranched alkanes of at least 4 members (excludes halogenated alkanes) is 17. The Morgan fingerprint density at radius 2 is 1.12 bits per heavy atom. The van der Waals surface area contributed by atoms with Crippen molar-refractivity contribution in [3.05, 3.63) is 0 Å². The van der Waals surface area contributed by atoms with Crippen molar-refractivity contribution in [3.8, 4) is 0 Å². The van der Waals surface area contributed by atoms with E-state index in [1.165, 1.54) is 89.9 Å². The van der Waals surface area contributed by atoms with E-state index in [1.807, 2.05) is 5.32 Å². The Labute approximate surface area is 246 Å². The molecule has 0 saturated carbocycles. The highest BCUT2D eigenvalue weighted by Crippen LogP contribution is 2.43. The minimum Gasteiger partial charge on any atom is -0.480 e. The van der Waals surface area contributed by atoms with Crippen LogP contribution in [0.5, 0.6) is 0 Å². The molecule has 0 aliphatic heterocycles. The van der Waals surface area contributed by atoms with Gasteiger partial charge in [0.2, 0.25) is 5.91 Å². The van der Waals surface area contributed by atoms with Crippen LogP contribution in [0.1, 0.15) is 136 Å². The number of aliphatic carboxylic acids is 1. The van der Waals surface area contributed by atoms with E-state index in [0.717, 1.165) is 26.2 Å². The third-order valence-electron chi connectivity index (χ3n) is 6.68. The fourth-order valence-electron chi connectivity index (χ4n) is 4.29. The summed E-state index contributed by atoms with van der Waals surface area (Å²) in [5.41, 5.74) is 0. The number of carbonyl (C=O) groups is 3. The van der Waals surface area contributed by atoms with Gasteiger partial charge in [0.05, 0.1) is 13.2 Å². The van der Waals surface area contributed by atoms with Crippen LogP contribution in [0.25, 0.3) is 0 Å². The lowest BCUT2D eigenvalue weighted by Crippen LogP contribution is -2.42. The smallest absolute Gasteiger partial charge is 0.472 e. The molecule has 0 aliphatic carbocycles. The van der Waals surface area contributed by atoms with Crippen LogP contribution in [-0.4, -0.2) is 64.9 Å². The number of nitrogens with one attached hydrogen (secondary N) is 1. The van der Waals surface area contributed by atoms with Gasteiger partial charge in [-0.25, -0.2) is 9.36 Å². The van der Waals surface area contributed by atoms with Crippen molar-refractivity contribution < 1.29 is 47.8 Å². The quantitative estimate of drug-likeness (QED) is 0.0445. The molecule has 0 aliphatic rings. The third-order valence-corrected chi connectivity index (χ3v) is 7.63. The summed E-state index contributed by atoms with van der Waals surface area (Å²) >= 11 is 0. The molecule has 0 saturated heterocycles. The SMILES string of the molecule is CCCCCCCCCCCCCCCCCCCCC(=O)OCC(O)COP(=O)(O)OCC(NC(C)=O)C(=O)O. The molecule has 0 spiro atoms. The number of carboxylic acids is 1. The summed E-state index contributed by atoms with van der Waals surface area (Å²) in [4.78, 5) is 43.5. The molecule has 0 radical (unpaired) electrons. The van der Waals surface area contributed by atoms with Gasteiger partial charge in [-0.2, -0.15) is 0 Å². The lowest BCUT2D eigenvalue weighted by Gasteiger charge is -2.18. The highest BCUT2D eigenvalue weighted by Gasteiger charge is 2.28. The summed E-state index contributed by atoms with van der Waals surface area (Å²) in [6.07, 6.45) is 21.6. The molecule has 4 N–H and O–H groups in total. The van der Waals surface area contributed by atoms with E-state index in [4.69, 9.17) is 9.84 Å². The molecule has 12 heteroatoms. The highest BCUT2D eigenvalue weighted by molar-refractivity contribution is 7.47. The lowest BCUT2D eigenvalue weighted by molar-refractivity contribution is -0.147. The first-order valence-corrected chi connectivity index (χ1v) is 17.0. The molecule has 242 valence electrons. The van der Waals surface area contributed by atoms with Gasteiger partial charge in [0.15, 0.2) is 6.04 Å². The summed E-state index contributed by atoms with van der Waals surface area (Å²) in [6, 6.07) is -1.54. The number of hydrogen-bond donors (Lipinski definition) is 4.